The number of aromatic amines is 1. The summed E-state index contributed by atoms with van der Waals surface area (Å²) in [5.41, 5.74) is 6.04. The van der Waals surface area contributed by atoms with Crippen LogP contribution in [0.25, 0.3) is 0 Å². The molecule has 0 fully saturated rings. The second-order valence-electron chi connectivity index (χ2n) is 5.96. The molecule has 13 heteroatoms. The topological polar surface area (TPSA) is 200 Å². The van der Waals surface area contributed by atoms with E-state index in [-0.39, 0.29) is 12.2 Å². The highest BCUT2D eigenvalue weighted by atomic mass is 32.1. The molecule has 28 heavy (non-hydrogen) atoms. The summed E-state index contributed by atoms with van der Waals surface area (Å²) in [5, 5.41) is 25.3. The third kappa shape index (κ3) is 7.17. The third-order valence-corrected chi connectivity index (χ3v) is 4.00. The van der Waals surface area contributed by atoms with Gasteiger partial charge in [0.25, 0.3) is 0 Å². The van der Waals surface area contributed by atoms with Gasteiger partial charge in [0.15, 0.2) is 0 Å². The summed E-state index contributed by atoms with van der Waals surface area (Å²) in [7, 11) is 0. The molecule has 8 N–H and O–H groups in total. The van der Waals surface area contributed by atoms with E-state index < -0.39 is 54.5 Å². The van der Waals surface area contributed by atoms with Gasteiger partial charge in [0.2, 0.25) is 17.7 Å². The molecule has 1 aromatic rings. The molecular formula is C15H24N6O6S. The number of thiol groups is 1. The molecule has 4 unspecified atom stereocenters. The van der Waals surface area contributed by atoms with Crippen LogP contribution in [-0.2, 0) is 25.6 Å². The second-order valence-corrected chi connectivity index (χ2v) is 6.32. The highest BCUT2D eigenvalue weighted by Crippen LogP contribution is 2.01. The van der Waals surface area contributed by atoms with E-state index in [1.165, 1.54) is 19.4 Å². The molecule has 12 nitrogen and oxygen atoms in total. The van der Waals surface area contributed by atoms with Gasteiger partial charge in [-0.05, 0) is 6.92 Å². The fourth-order valence-corrected chi connectivity index (χ4v) is 2.30. The first-order valence-electron chi connectivity index (χ1n) is 8.28. The van der Waals surface area contributed by atoms with E-state index in [9.17, 15) is 24.3 Å². The molecule has 1 heterocycles. The normalized spacial score (nSPS) is 15.0. The van der Waals surface area contributed by atoms with Crippen LogP contribution in [0.3, 0.4) is 0 Å². The third-order valence-electron chi connectivity index (χ3n) is 3.64. The van der Waals surface area contributed by atoms with Crippen molar-refractivity contribution >= 4 is 36.3 Å². The Kier molecular flexibility index (Phi) is 9.41. The lowest BCUT2D eigenvalue weighted by Crippen LogP contribution is -2.58. The Morgan fingerprint density at radius 3 is 2.18 bits per heavy atom. The zero-order valence-corrected chi connectivity index (χ0v) is 16.0. The minimum Gasteiger partial charge on any atom is -0.480 e. The maximum atomic E-state index is 12.6. The fourth-order valence-electron chi connectivity index (χ4n) is 2.05. The van der Waals surface area contributed by atoms with Crippen molar-refractivity contribution in [3.05, 3.63) is 18.2 Å². The van der Waals surface area contributed by atoms with Crippen LogP contribution in [0.15, 0.2) is 12.5 Å². The van der Waals surface area contributed by atoms with Crippen LogP contribution >= 0.6 is 12.6 Å². The molecular weight excluding hydrogens is 392 g/mol. The number of aliphatic carboxylic acids is 1. The quantitative estimate of drug-likeness (QED) is 0.172. The van der Waals surface area contributed by atoms with Crippen LogP contribution in [0.1, 0.15) is 12.6 Å². The summed E-state index contributed by atoms with van der Waals surface area (Å²) in [6.45, 7) is 0.655. The number of rotatable bonds is 11. The summed E-state index contributed by atoms with van der Waals surface area (Å²) >= 11 is 3.82. The molecule has 1 aromatic heterocycles. The molecule has 1 rings (SSSR count). The van der Waals surface area contributed by atoms with Gasteiger partial charge >= 0.3 is 5.97 Å². The highest BCUT2D eigenvalue weighted by molar-refractivity contribution is 7.80. The largest absolute Gasteiger partial charge is 0.480 e. The lowest BCUT2D eigenvalue weighted by Gasteiger charge is -2.23. The number of H-pyrrole nitrogens is 1. The van der Waals surface area contributed by atoms with Gasteiger partial charge in [-0.2, -0.15) is 12.6 Å². The first-order chi connectivity index (χ1) is 13.2. The average Bonchev–Trinajstić information content (AvgIpc) is 3.15. The smallest absolute Gasteiger partial charge is 0.327 e. The van der Waals surface area contributed by atoms with Crippen molar-refractivity contribution in [2.45, 2.75) is 37.5 Å². The van der Waals surface area contributed by atoms with Gasteiger partial charge < -0.3 is 36.9 Å². The van der Waals surface area contributed by atoms with E-state index in [0.29, 0.717) is 5.69 Å². The molecule has 0 aromatic carbocycles. The maximum Gasteiger partial charge on any atom is 0.327 e. The first-order valence-corrected chi connectivity index (χ1v) is 8.91. The Labute approximate surface area is 166 Å². The molecule has 0 saturated carbocycles. The van der Waals surface area contributed by atoms with Crippen molar-refractivity contribution in [3.63, 3.8) is 0 Å². The molecule has 0 saturated heterocycles. The van der Waals surface area contributed by atoms with Gasteiger partial charge in [-0.25, -0.2) is 9.78 Å². The number of nitrogens with zero attached hydrogens (tertiary/aromatic N) is 1. The van der Waals surface area contributed by atoms with E-state index in [0.717, 1.165) is 0 Å². The van der Waals surface area contributed by atoms with Gasteiger partial charge in [-0.3, -0.25) is 14.4 Å². The standard InChI is InChI=1S/C15H24N6O6S/c1-7(16)12(23)19-9(2-8-3-17-6-18-8)13(24)20-10(4-22)14(25)21-11(5-28)15(26)27/h3,6-7,9-11,22,28H,2,4-5,16H2,1H3,(H,17,18)(H,19,23)(H,20,24)(H,21,25)(H,26,27). The molecule has 0 spiro atoms. The van der Waals surface area contributed by atoms with E-state index in [2.05, 4.69) is 38.5 Å². The molecule has 0 radical (unpaired) electrons. The van der Waals surface area contributed by atoms with E-state index in [4.69, 9.17) is 10.8 Å². The maximum absolute atomic E-state index is 12.6. The number of carboxylic acid groups (broad SMARTS) is 1. The van der Waals surface area contributed by atoms with Crippen LogP contribution < -0.4 is 21.7 Å². The minimum absolute atomic E-state index is 0.0262. The number of carboxylic acids is 1. The van der Waals surface area contributed by atoms with Crippen LogP contribution in [0, 0.1) is 0 Å². The lowest BCUT2D eigenvalue weighted by atomic mass is 10.1. The Morgan fingerprint density at radius 2 is 1.71 bits per heavy atom. The number of carbonyl (C=O) groups excluding carboxylic acids is 3. The molecule has 0 aliphatic rings. The number of amides is 3. The number of nitrogens with two attached hydrogens (primary N) is 1. The van der Waals surface area contributed by atoms with Crippen LogP contribution in [0.5, 0.6) is 0 Å². The van der Waals surface area contributed by atoms with E-state index in [1.54, 1.807) is 0 Å². The van der Waals surface area contributed by atoms with Crippen LogP contribution in [0.4, 0.5) is 0 Å². The number of hydrogen-bond acceptors (Lipinski definition) is 8. The molecule has 156 valence electrons. The summed E-state index contributed by atoms with van der Waals surface area (Å²) in [5.74, 6) is -3.76. The molecule has 0 aliphatic heterocycles. The fraction of sp³-hybridized carbons (Fsp3) is 0.533. The van der Waals surface area contributed by atoms with Crippen molar-refractivity contribution in [1.82, 2.24) is 25.9 Å². The van der Waals surface area contributed by atoms with Gasteiger partial charge in [-0.15, -0.1) is 0 Å². The average molecular weight is 416 g/mol. The summed E-state index contributed by atoms with van der Waals surface area (Å²) in [4.78, 5) is 54.2. The van der Waals surface area contributed by atoms with Gasteiger partial charge in [0.1, 0.15) is 18.1 Å². The SMILES string of the molecule is CC(N)C(=O)NC(Cc1cnc[nH]1)C(=O)NC(CO)C(=O)NC(CS)C(=O)O. The van der Waals surface area contributed by atoms with E-state index in [1.807, 2.05) is 0 Å². The van der Waals surface area contributed by atoms with Crippen molar-refractivity contribution in [1.29, 1.82) is 0 Å². The van der Waals surface area contributed by atoms with Crippen LogP contribution in [-0.4, -0.2) is 80.4 Å². The first kappa shape index (κ1) is 23.4. The molecule has 3 amide bonds. The van der Waals surface area contributed by atoms with Gasteiger partial charge in [0.05, 0.1) is 19.0 Å². The Hall–Kier alpha value is -2.64. The Balaban J connectivity index is 2.85. The number of nitrogens with one attached hydrogen (secondary N) is 4. The number of hydrogen-bond donors (Lipinski definition) is 8. The van der Waals surface area contributed by atoms with Crippen LogP contribution in [0.2, 0.25) is 0 Å². The predicted molar refractivity (Wildman–Crippen MR) is 100 cm³/mol. The lowest BCUT2D eigenvalue weighted by molar-refractivity contribution is -0.141. The summed E-state index contributed by atoms with van der Waals surface area (Å²) < 4.78 is 0. The zero-order chi connectivity index (χ0) is 21.3. The Morgan fingerprint density at radius 1 is 1.14 bits per heavy atom. The monoisotopic (exact) mass is 416 g/mol. The highest BCUT2D eigenvalue weighted by Gasteiger charge is 2.29. The molecule has 4 atom stereocenters. The van der Waals surface area contributed by atoms with Crippen molar-refractivity contribution in [2.24, 2.45) is 5.73 Å². The molecule has 0 bridgehead atoms. The van der Waals surface area contributed by atoms with Gasteiger partial charge in [-0.1, -0.05) is 0 Å². The van der Waals surface area contributed by atoms with Crippen molar-refractivity contribution in [2.75, 3.05) is 12.4 Å². The number of aliphatic hydroxyl groups is 1. The van der Waals surface area contributed by atoms with E-state index >= 15 is 0 Å². The second kappa shape index (κ2) is 11.3. The van der Waals surface area contributed by atoms with Crippen molar-refractivity contribution in [3.8, 4) is 0 Å². The Bertz CT molecular complexity index is 683. The van der Waals surface area contributed by atoms with Crippen molar-refractivity contribution < 1.29 is 29.4 Å². The number of imidazole rings is 1. The number of aromatic nitrogens is 2. The molecule has 0 aliphatic carbocycles. The predicted octanol–water partition coefficient (Wildman–Crippen LogP) is -3.24. The summed E-state index contributed by atoms with van der Waals surface area (Å²) in [6, 6.07) is -4.70. The number of carbonyl (C=O) groups is 4. The van der Waals surface area contributed by atoms with Gasteiger partial charge in [0, 0.05) is 24.1 Å². The zero-order valence-electron chi connectivity index (χ0n) is 15.1. The number of aliphatic hydroxyl groups excluding tert-OH is 1. The minimum atomic E-state index is -1.43. The summed E-state index contributed by atoms with van der Waals surface area (Å²) in [6.07, 6.45) is 2.88.